The van der Waals surface area contributed by atoms with Gasteiger partial charge in [-0.2, -0.15) is 0 Å². The second-order valence-corrected chi connectivity index (χ2v) is 33.0. The molecule has 5 saturated heterocycles. The van der Waals surface area contributed by atoms with Gasteiger partial charge in [0.25, 0.3) is 0 Å². The Morgan fingerprint density at radius 1 is 0.311 bits per heavy atom. The van der Waals surface area contributed by atoms with Crippen molar-refractivity contribution in [3.63, 3.8) is 0 Å². The van der Waals surface area contributed by atoms with Crippen LogP contribution in [0.3, 0.4) is 0 Å². The first-order valence-corrected chi connectivity index (χ1v) is 42.9. The zero-order valence-corrected chi connectivity index (χ0v) is 71.4. The molecular formula is C99H119NO22. The molecule has 23 heteroatoms. The minimum atomic E-state index is -1.55. The molecule has 122 heavy (non-hydrogen) atoms. The van der Waals surface area contributed by atoms with Gasteiger partial charge in [-0.25, -0.2) is 19.2 Å². The third-order valence-corrected chi connectivity index (χ3v) is 24.8. The summed E-state index contributed by atoms with van der Waals surface area (Å²) in [5.41, 5.74) is 6.13. The number of carbonyl (C=O) groups is 4. The third kappa shape index (κ3) is 24.1. The largest absolute Gasteiger partial charge is 0.467 e. The van der Waals surface area contributed by atoms with Crippen molar-refractivity contribution >= 4 is 24.0 Å². The number of ether oxygens (including phenoxy) is 18. The number of benzene rings is 8. The number of methoxy groups -OCH3 is 1. The van der Waals surface area contributed by atoms with E-state index in [-0.39, 0.29) is 100 Å². The fourth-order valence-electron chi connectivity index (χ4n) is 16.6. The zero-order valence-electron chi connectivity index (χ0n) is 71.4. The normalized spacial score (nSPS) is 30.3. The summed E-state index contributed by atoms with van der Waals surface area (Å²) in [5.74, 6) is -5.24. The first-order valence-electron chi connectivity index (χ1n) is 42.9. The van der Waals surface area contributed by atoms with Gasteiger partial charge in [-0.1, -0.05) is 281 Å². The molecule has 0 radical (unpaired) electrons. The Hall–Kier alpha value is -9.12. The second kappa shape index (κ2) is 45.0. The van der Waals surface area contributed by atoms with Crippen molar-refractivity contribution in [2.45, 2.75) is 200 Å². The van der Waals surface area contributed by atoms with Crippen LogP contribution >= 0.6 is 0 Å². The molecule has 5 aliphatic heterocycles. The summed E-state index contributed by atoms with van der Waals surface area (Å²) < 4.78 is 123. The second-order valence-electron chi connectivity index (χ2n) is 33.0. The van der Waals surface area contributed by atoms with Crippen molar-refractivity contribution < 1.29 is 104 Å². The summed E-state index contributed by atoms with van der Waals surface area (Å²) in [4.78, 5) is 59.9. The van der Waals surface area contributed by atoms with E-state index in [9.17, 15) is 19.2 Å². The van der Waals surface area contributed by atoms with Crippen LogP contribution in [-0.2, 0) is 130 Å². The molecule has 5 heterocycles. The van der Waals surface area contributed by atoms with E-state index in [1.807, 2.05) is 209 Å². The fraction of sp³-hybridized carbons (Fsp3) is 0.475. The van der Waals surface area contributed by atoms with E-state index in [1.165, 1.54) is 7.11 Å². The minimum Gasteiger partial charge on any atom is -0.467 e. The van der Waals surface area contributed by atoms with Crippen LogP contribution in [0.5, 0.6) is 0 Å². The van der Waals surface area contributed by atoms with Crippen molar-refractivity contribution in [3.8, 4) is 0 Å². The van der Waals surface area contributed by atoms with E-state index in [2.05, 4.69) is 41.5 Å². The first kappa shape index (κ1) is 90.6. The predicted octanol–water partition coefficient (Wildman–Crippen LogP) is 16.2. The van der Waals surface area contributed by atoms with Gasteiger partial charge in [-0.15, -0.1) is 0 Å². The Morgan fingerprint density at radius 2 is 0.631 bits per heavy atom. The molecule has 8 aromatic carbocycles. The summed E-state index contributed by atoms with van der Waals surface area (Å²) in [6.07, 6.45) is -16.7. The van der Waals surface area contributed by atoms with Crippen LogP contribution in [-0.4, -0.2) is 174 Å². The number of hydrogen-bond acceptors (Lipinski definition) is 22. The number of rotatable bonds is 37. The summed E-state index contributed by atoms with van der Waals surface area (Å²) in [7, 11) is 1.27. The molecule has 5 fully saturated rings. The van der Waals surface area contributed by atoms with Crippen LogP contribution in [0.2, 0.25) is 0 Å². The van der Waals surface area contributed by atoms with Gasteiger partial charge < -0.3 is 90.2 Å². The van der Waals surface area contributed by atoms with Gasteiger partial charge >= 0.3 is 24.0 Å². The zero-order chi connectivity index (χ0) is 85.4. The summed E-state index contributed by atoms with van der Waals surface area (Å²) >= 11 is 0. The third-order valence-electron chi connectivity index (χ3n) is 24.8. The molecule has 10 unspecified atom stereocenters. The van der Waals surface area contributed by atoms with Crippen molar-refractivity contribution in [2.24, 2.45) is 53.3 Å². The summed E-state index contributed by atoms with van der Waals surface area (Å²) in [6, 6.07) is 75.9. The maximum absolute atomic E-state index is 15.0. The minimum absolute atomic E-state index is 0.0103. The molecule has 25 atom stereocenters. The summed E-state index contributed by atoms with van der Waals surface area (Å²) in [5, 5.41) is 0. The van der Waals surface area contributed by atoms with Gasteiger partial charge in [0.15, 0.2) is 49.8 Å². The molecule has 1 amide bonds. The lowest BCUT2D eigenvalue weighted by atomic mass is 9.79. The molecular weight excluding hydrogens is 1560 g/mol. The smallest absolute Gasteiger partial charge is 0.410 e. The van der Waals surface area contributed by atoms with Crippen LogP contribution in [0.15, 0.2) is 243 Å². The molecule has 0 N–H and O–H groups in total. The van der Waals surface area contributed by atoms with E-state index in [0.29, 0.717) is 19.8 Å². The molecule has 23 nitrogen and oxygen atoms in total. The Morgan fingerprint density at radius 3 is 1.06 bits per heavy atom. The molecule has 0 saturated carbocycles. The van der Waals surface area contributed by atoms with E-state index < -0.39 is 146 Å². The molecule has 13 rings (SSSR count). The van der Waals surface area contributed by atoms with Crippen molar-refractivity contribution in [1.29, 1.82) is 0 Å². The molecule has 0 spiro atoms. The van der Waals surface area contributed by atoms with Crippen LogP contribution in [0.1, 0.15) is 116 Å². The van der Waals surface area contributed by atoms with Crippen LogP contribution in [0.4, 0.5) is 4.79 Å². The number of carbonyl (C=O) groups excluding carboxylic acids is 4. The van der Waals surface area contributed by atoms with Crippen molar-refractivity contribution in [3.05, 3.63) is 287 Å². The van der Waals surface area contributed by atoms with Gasteiger partial charge in [0.05, 0.1) is 102 Å². The molecule has 0 aliphatic carbocycles. The number of nitrogens with zero attached hydrogens (tertiary/aromatic N) is 1. The van der Waals surface area contributed by atoms with Gasteiger partial charge in [0, 0.05) is 42.7 Å². The molecule has 0 aromatic heterocycles. The monoisotopic (exact) mass is 1670 g/mol. The Balaban J connectivity index is 0.790. The van der Waals surface area contributed by atoms with E-state index in [1.54, 1.807) is 59.5 Å². The number of esters is 3. The quantitative estimate of drug-likeness (QED) is 0.0260. The Labute approximate surface area is 717 Å². The highest BCUT2D eigenvalue weighted by Crippen LogP contribution is 2.45. The van der Waals surface area contributed by atoms with E-state index in [4.69, 9.17) is 85.3 Å². The Kier molecular flexibility index (Phi) is 33.4. The maximum Gasteiger partial charge on any atom is 0.410 e. The molecule has 652 valence electrons. The highest BCUT2D eigenvalue weighted by atomic mass is 16.8. The van der Waals surface area contributed by atoms with E-state index in [0.717, 1.165) is 33.4 Å². The van der Waals surface area contributed by atoms with Crippen LogP contribution in [0, 0.1) is 53.3 Å². The van der Waals surface area contributed by atoms with Gasteiger partial charge in [0.2, 0.25) is 0 Å². The lowest BCUT2D eigenvalue weighted by Gasteiger charge is -2.52. The van der Waals surface area contributed by atoms with E-state index >= 15 is 0 Å². The first-order chi connectivity index (χ1) is 59.3. The highest BCUT2D eigenvalue weighted by molar-refractivity contribution is 5.90. The maximum atomic E-state index is 15.0. The van der Waals surface area contributed by atoms with Gasteiger partial charge in [0.1, 0.15) is 31.0 Å². The standard InChI is InChI=1S/C99H119NO22/c1-63-64(2)80(59-106-54-73-37-21-12-22-38-73)112-95(67(63)5)121-87-71(9)89(117-92(102)79-49-33-18-34-50-79)98(122-90(87)93(103)105-10)120-86-70(8)88(116-91(101)78-47-31-17-32-48-78)97(115-83(86)62-109-57-76-43-27-15-28-44-76)119-85-66(4)69(7)96(114-82(85)61-108-56-75-41-25-14-26-42-75)118-84-65(3)68(6)94(113-81(84)60-107-55-74-39-23-13-24-40-74)110-52-51-100(53-72-35-19-11-20-36-72)99(104)111-58-77-45-29-16-30-46-77/h11-50,63-71,80-90,94-98H,51-62H2,1-10H3/t63-,64+,65+,66+,67?,68?,69?,70-,71-,80?,81?,82?,83?,84+,85-,86-,87-,88?,89?,90?,94-,95+,96+,97-,98+/m0/s1. The molecule has 0 bridgehead atoms. The Bertz CT molecular complexity index is 4440. The lowest BCUT2D eigenvalue weighted by Crippen LogP contribution is -2.64. The van der Waals surface area contributed by atoms with Crippen molar-refractivity contribution in [1.82, 2.24) is 4.90 Å². The van der Waals surface area contributed by atoms with Gasteiger partial charge in [-0.3, -0.25) is 0 Å². The highest BCUT2D eigenvalue weighted by Gasteiger charge is 2.58. The van der Waals surface area contributed by atoms with Crippen molar-refractivity contribution in [2.75, 3.05) is 46.7 Å². The van der Waals surface area contributed by atoms with Crippen LogP contribution < -0.4 is 0 Å². The molecule has 8 aromatic rings. The fourth-order valence-corrected chi connectivity index (χ4v) is 16.6. The molecule has 5 aliphatic rings. The topological polar surface area (TPSA) is 238 Å². The predicted molar refractivity (Wildman–Crippen MR) is 452 cm³/mol. The average Bonchev–Trinajstić information content (AvgIpc) is 0.773. The van der Waals surface area contributed by atoms with Crippen LogP contribution in [0.25, 0.3) is 0 Å². The summed E-state index contributed by atoms with van der Waals surface area (Å²) in [6.45, 7) is 20.4. The average molecular weight is 1680 g/mol. The SMILES string of the molecule is COC(=O)C1O[C@@H](O[C@@H]2C(COCc3ccccc3)O[C@@H](O[C@@H]3C(COCc4ccccc4)O[C@H](O[C@H]4C(COCc5ccccc5)O[C@H](OCCN(Cc5ccccc5)C(=O)OCc5ccccc5)C(C)[C@H]4C)C(C)[C@H]3C)C(OC(=O)c3ccccc3)[C@H]2C)C(OC(=O)c2ccccc2)[C@@H](C)[C@@H]1O[C@H]1OC(COCc2ccccc2)[C@H](C)[C@H](C)C1C. The number of hydrogen-bond donors (Lipinski definition) is 0. The lowest BCUT2D eigenvalue weighted by molar-refractivity contribution is -0.375. The van der Waals surface area contributed by atoms with Gasteiger partial charge in [-0.05, 0) is 81.3 Å². The number of amides is 1.